The number of benzene rings is 2. The lowest BCUT2D eigenvalue weighted by molar-refractivity contribution is -0.122. The van der Waals surface area contributed by atoms with Crippen LogP contribution in [0.25, 0.3) is 0 Å². The fraction of sp³-hybridized carbons (Fsp3) is 0.316. The molecule has 0 bridgehead atoms. The molecular weight excluding hydrogens is 378 g/mol. The van der Waals surface area contributed by atoms with Crippen molar-refractivity contribution < 1.29 is 13.9 Å². The zero-order valence-electron chi connectivity index (χ0n) is 14.4. The van der Waals surface area contributed by atoms with Gasteiger partial charge in [-0.25, -0.2) is 4.39 Å². The van der Waals surface area contributed by atoms with Gasteiger partial charge in [-0.1, -0.05) is 36.7 Å². The average molecular weight is 399 g/mol. The predicted molar refractivity (Wildman–Crippen MR) is 104 cm³/mol. The Morgan fingerprint density at radius 2 is 2.12 bits per heavy atom. The van der Waals surface area contributed by atoms with Crippen molar-refractivity contribution in [2.75, 3.05) is 11.9 Å². The van der Waals surface area contributed by atoms with E-state index in [4.69, 9.17) is 16.3 Å². The van der Waals surface area contributed by atoms with Crippen LogP contribution in [-0.2, 0) is 17.8 Å². The summed E-state index contributed by atoms with van der Waals surface area (Å²) in [6, 6.07) is 10.4. The number of rotatable bonds is 5. The number of hydrogen-bond acceptors (Lipinski definition) is 3. The smallest absolute Gasteiger partial charge is 0.265 e. The molecule has 4 nitrogen and oxygen atoms in total. The van der Waals surface area contributed by atoms with E-state index in [1.165, 1.54) is 0 Å². The first-order valence-corrected chi connectivity index (χ1v) is 8.71. The van der Waals surface area contributed by atoms with Gasteiger partial charge in [0.25, 0.3) is 5.91 Å². The van der Waals surface area contributed by atoms with Gasteiger partial charge < -0.3 is 15.4 Å². The third-order valence-electron chi connectivity index (χ3n) is 4.23. The van der Waals surface area contributed by atoms with Crippen molar-refractivity contribution in [2.24, 2.45) is 0 Å². The third kappa shape index (κ3) is 4.47. The summed E-state index contributed by atoms with van der Waals surface area (Å²) in [6.07, 6.45) is 0.295. The van der Waals surface area contributed by atoms with Crippen LogP contribution in [0.2, 0.25) is 5.02 Å². The van der Waals surface area contributed by atoms with Crippen LogP contribution in [0.5, 0.6) is 5.75 Å². The van der Waals surface area contributed by atoms with Crippen molar-refractivity contribution in [3.05, 3.63) is 58.4 Å². The lowest BCUT2D eigenvalue weighted by Crippen LogP contribution is -2.33. The van der Waals surface area contributed by atoms with Crippen LogP contribution in [0.15, 0.2) is 36.4 Å². The van der Waals surface area contributed by atoms with Gasteiger partial charge in [0, 0.05) is 6.54 Å². The first kappa shape index (κ1) is 20.5. The molecule has 1 atom stereocenters. The van der Waals surface area contributed by atoms with Gasteiger partial charge in [-0.2, -0.15) is 0 Å². The highest BCUT2D eigenvalue weighted by molar-refractivity contribution is 6.32. The maximum Gasteiger partial charge on any atom is 0.265 e. The second-order valence-corrected chi connectivity index (χ2v) is 6.33. The van der Waals surface area contributed by atoms with Crippen LogP contribution in [0, 0.1) is 5.82 Å². The van der Waals surface area contributed by atoms with Gasteiger partial charge in [0.1, 0.15) is 11.6 Å². The molecule has 140 valence electrons. The number of para-hydroxylation sites is 1. The molecule has 0 spiro atoms. The normalized spacial score (nSPS) is 14.0. The lowest BCUT2D eigenvalue weighted by Gasteiger charge is -2.21. The molecular formula is C19H21Cl2FN2O2. The predicted octanol–water partition coefficient (Wildman–Crippen LogP) is 4.34. The van der Waals surface area contributed by atoms with Crippen LogP contribution in [0.1, 0.15) is 24.5 Å². The fourth-order valence-electron chi connectivity index (χ4n) is 2.86. The minimum absolute atomic E-state index is 0. The number of carbonyl (C=O) groups excluding carboxylic acids is 1. The standard InChI is InChI=1S/C19H20ClFN2O2.ClH/c1-2-16(25-17-6-4-3-5-14(17)20)19(24)23-15-8-7-12-11-22-10-9-13(12)18(15)21;/h3-8,16,22H,2,9-11H2,1H3,(H,23,24);1H. The van der Waals surface area contributed by atoms with Gasteiger partial charge in [-0.3, -0.25) is 4.79 Å². The maximum absolute atomic E-state index is 14.7. The van der Waals surface area contributed by atoms with Crippen molar-refractivity contribution in [3.8, 4) is 5.75 Å². The summed E-state index contributed by atoms with van der Waals surface area (Å²) in [4.78, 5) is 12.5. The summed E-state index contributed by atoms with van der Waals surface area (Å²) < 4.78 is 20.4. The molecule has 0 aromatic heterocycles. The summed E-state index contributed by atoms with van der Waals surface area (Å²) in [5.74, 6) is -0.321. The Morgan fingerprint density at radius 3 is 2.85 bits per heavy atom. The molecule has 26 heavy (non-hydrogen) atoms. The summed E-state index contributed by atoms with van der Waals surface area (Å²) >= 11 is 6.07. The SMILES string of the molecule is CCC(Oc1ccccc1Cl)C(=O)Nc1ccc2c(c1F)CCNC2.Cl. The Hall–Kier alpha value is -1.82. The Morgan fingerprint density at radius 1 is 1.35 bits per heavy atom. The first-order chi connectivity index (χ1) is 12.1. The van der Waals surface area contributed by atoms with Crippen molar-refractivity contribution in [3.63, 3.8) is 0 Å². The molecule has 1 aliphatic rings. The molecule has 2 aromatic rings. The van der Waals surface area contributed by atoms with E-state index < -0.39 is 12.0 Å². The lowest BCUT2D eigenvalue weighted by atomic mass is 9.99. The quantitative estimate of drug-likeness (QED) is 0.787. The molecule has 7 heteroatoms. The topological polar surface area (TPSA) is 50.4 Å². The van der Waals surface area contributed by atoms with E-state index in [-0.39, 0.29) is 23.9 Å². The van der Waals surface area contributed by atoms with E-state index in [9.17, 15) is 9.18 Å². The minimum Gasteiger partial charge on any atom is -0.479 e. The van der Waals surface area contributed by atoms with Gasteiger partial charge >= 0.3 is 0 Å². The van der Waals surface area contributed by atoms with Crippen LogP contribution < -0.4 is 15.4 Å². The molecule has 1 amide bonds. The maximum atomic E-state index is 14.7. The Balaban J connectivity index is 0.00000243. The molecule has 0 saturated carbocycles. The minimum atomic E-state index is -0.753. The Kier molecular flexibility index (Phi) is 7.26. The number of halogens is 3. The second kappa shape index (κ2) is 9.21. The highest BCUT2D eigenvalue weighted by atomic mass is 35.5. The van der Waals surface area contributed by atoms with Crippen molar-refractivity contribution >= 4 is 35.6 Å². The van der Waals surface area contributed by atoms with Crippen molar-refractivity contribution in [1.82, 2.24) is 5.32 Å². The summed E-state index contributed by atoms with van der Waals surface area (Å²) in [7, 11) is 0. The van der Waals surface area contributed by atoms with Gasteiger partial charge in [-0.05, 0) is 48.7 Å². The van der Waals surface area contributed by atoms with E-state index in [2.05, 4.69) is 10.6 Å². The van der Waals surface area contributed by atoms with Crippen LogP contribution in [0.3, 0.4) is 0 Å². The zero-order valence-corrected chi connectivity index (χ0v) is 15.9. The van der Waals surface area contributed by atoms with E-state index in [0.29, 0.717) is 35.7 Å². The van der Waals surface area contributed by atoms with Crippen molar-refractivity contribution in [1.29, 1.82) is 0 Å². The molecule has 1 heterocycles. The largest absolute Gasteiger partial charge is 0.479 e. The van der Waals surface area contributed by atoms with E-state index in [0.717, 1.165) is 12.1 Å². The monoisotopic (exact) mass is 398 g/mol. The van der Waals surface area contributed by atoms with Gasteiger partial charge in [-0.15, -0.1) is 12.4 Å². The molecule has 0 aliphatic carbocycles. The molecule has 2 N–H and O–H groups in total. The van der Waals surface area contributed by atoms with Gasteiger partial charge in [0.05, 0.1) is 10.7 Å². The molecule has 1 aliphatic heterocycles. The summed E-state index contributed by atoms with van der Waals surface area (Å²) in [6.45, 7) is 3.21. The molecule has 0 saturated heterocycles. The number of hydrogen-bond donors (Lipinski definition) is 2. The summed E-state index contributed by atoms with van der Waals surface area (Å²) in [5, 5.41) is 6.28. The number of ether oxygens (including phenoxy) is 1. The number of carbonyl (C=O) groups is 1. The van der Waals surface area contributed by atoms with Crippen molar-refractivity contribution in [2.45, 2.75) is 32.4 Å². The Labute approximate surface area is 163 Å². The molecule has 2 aromatic carbocycles. The van der Waals surface area contributed by atoms with E-state index in [1.54, 1.807) is 30.3 Å². The first-order valence-electron chi connectivity index (χ1n) is 8.33. The molecule has 0 radical (unpaired) electrons. The number of amides is 1. The highest BCUT2D eigenvalue weighted by Crippen LogP contribution is 2.27. The number of anilines is 1. The number of nitrogens with one attached hydrogen (secondary N) is 2. The Bertz CT molecular complexity index is 786. The average Bonchev–Trinajstić information content (AvgIpc) is 2.63. The van der Waals surface area contributed by atoms with Crippen LogP contribution in [-0.4, -0.2) is 18.6 Å². The second-order valence-electron chi connectivity index (χ2n) is 5.93. The van der Waals surface area contributed by atoms with Crippen LogP contribution >= 0.6 is 24.0 Å². The molecule has 0 fully saturated rings. The fourth-order valence-corrected chi connectivity index (χ4v) is 3.04. The third-order valence-corrected chi connectivity index (χ3v) is 4.55. The highest BCUT2D eigenvalue weighted by Gasteiger charge is 2.23. The number of fused-ring (bicyclic) bond motifs is 1. The molecule has 3 rings (SSSR count). The van der Waals surface area contributed by atoms with E-state index in [1.807, 2.05) is 13.0 Å². The van der Waals surface area contributed by atoms with Gasteiger partial charge in [0.2, 0.25) is 0 Å². The zero-order chi connectivity index (χ0) is 17.8. The van der Waals surface area contributed by atoms with Crippen LogP contribution in [0.4, 0.5) is 10.1 Å². The van der Waals surface area contributed by atoms with Gasteiger partial charge in [0.15, 0.2) is 6.10 Å². The molecule has 1 unspecified atom stereocenters. The summed E-state index contributed by atoms with van der Waals surface area (Å²) in [5.41, 5.74) is 1.78. The van der Waals surface area contributed by atoms with E-state index >= 15 is 0 Å².